The number of hydrogen-bond acceptors (Lipinski definition) is 4. The molecule has 1 saturated carbocycles. The maximum atomic E-state index is 14.1. The molecule has 0 bridgehead atoms. The van der Waals surface area contributed by atoms with Crippen molar-refractivity contribution in [3.05, 3.63) is 29.6 Å². The molecule has 0 amide bonds. The Morgan fingerprint density at radius 2 is 2.25 bits per heavy atom. The molecule has 0 saturated heterocycles. The molecule has 4 nitrogen and oxygen atoms in total. The van der Waals surface area contributed by atoms with E-state index in [1.165, 1.54) is 6.07 Å². The SMILES string of the molecule is COCCNCc1c(F)cccc1N(CCO)C1CC1. The van der Waals surface area contributed by atoms with Crippen LogP contribution in [-0.2, 0) is 11.3 Å². The first-order valence-corrected chi connectivity index (χ1v) is 7.12. The standard InChI is InChI=1S/C15H23FN2O2/c1-20-10-7-17-11-13-14(16)3-2-4-15(13)18(8-9-19)12-5-6-12/h2-4,12,17,19H,5-11H2,1H3. The number of ether oxygens (including phenoxy) is 1. The number of nitrogens with zero attached hydrogens (tertiary/aromatic N) is 1. The Morgan fingerprint density at radius 1 is 1.45 bits per heavy atom. The molecule has 2 N–H and O–H groups in total. The summed E-state index contributed by atoms with van der Waals surface area (Å²) >= 11 is 0. The van der Waals surface area contributed by atoms with Crippen molar-refractivity contribution in [2.75, 3.05) is 38.3 Å². The third-order valence-electron chi connectivity index (χ3n) is 3.52. The lowest BCUT2D eigenvalue weighted by Crippen LogP contribution is -2.31. The van der Waals surface area contributed by atoms with Gasteiger partial charge in [-0.15, -0.1) is 0 Å². The number of anilines is 1. The monoisotopic (exact) mass is 282 g/mol. The summed E-state index contributed by atoms with van der Waals surface area (Å²) < 4.78 is 19.1. The fraction of sp³-hybridized carbons (Fsp3) is 0.600. The van der Waals surface area contributed by atoms with Gasteiger partial charge in [-0.05, 0) is 25.0 Å². The van der Waals surface area contributed by atoms with Crippen molar-refractivity contribution in [1.82, 2.24) is 5.32 Å². The van der Waals surface area contributed by atoms with Crippen LogP contribution in [-0.4, -0.2) is 44.6 Å². The zero-order chi connectivity index (χ0) is 14.4. The molecule has 20 heavy (non-hydrogen) atoms. The Labute approximate surface area is 119 Å². The minimum absolute atomic E-state index is 0.0869. The highest BCUT2D eigenvalue weighted by atomic mass is 19.1. The zero-order valence-corrected chi connectivity index (χ0v) is 11.9. The van der Waals surface area contributed by atoms with Crippen molar-refractivity contribution >= 4 is 5.69 Å². The Bertz CT molecular complexity index is 424. The van der Waals surface area contributed by atoms with Gasteiger partial charge in [0.1, 0.15) is 5.82 Å². The van der Waals surface area contributed by atoms with Crippen molar-refractivity contribution in [2.45, 2.75) is 25.4 Å². The number of aliphatic hydroxyl groups excluding tert-OH is 1. The van der Waals surface area contributed by atoms with Crippen LogP contribution in [0.2, 0.25) is 0 Å². The second kappa shape index (κ2) is 7.57. The molecule has 5 heteroatoms. The van der Waals surface area contributed by atoms with Gasteiger partial charge in [-0.1, -0.05) is 6.07 Å². The van der Waals surface area contributed by atoms with Crippen LogP contribution in [0, 0.1) is 5.82 Å². The summed E-state index contributed by atoms with van der Waals surface area (Å²) in [6.45, 7) is 2.41. The van der Waals surface area contributed by atoms with E-state index in [0.29, 0.717) is 37.8 Å². The first-order valence-electron chi connectivity index (χ1n) is 7.12. The molecule has 1 aliphatic rings. The predicted octanol–water partition coefficient (Wildman–Crippen LogP) is 1.52. The molecule has 1 fully saturated rings. The Balaban J connectivity index is 2.11. The lowest BCUT2D eigenvalue weighted by atomic mass is 10.1. The lowest BCUT2D eigenvalue weighted by molar-refractivity contribution is 0.199. The van der Waals surface area contributed by atoms with Gasteiger partial charge in [-0.3, -0.25) is 0 Å². The number of methoxy groups -OCH3 is 1. The molecule has 1 aromatic rings. The van der Waals surface area contributed by atoms with Crippen LogP contribution < -0.4 is 10.2 Å². The molecule has 1 aliphatic carbocycles. The fourth-order valence-electron chi connectivity index (χ4n) is 2.37. The smallest absolute Gasteiger partial charge is 0.129 e. The second-order valence-corrected chi connectivity index (χ2v) is 5.06. The highest BCUT2D eigenvalue weighted by molar-refractivity contribution is 5.56. The van der Waals surface area contributed by atoms with Crippen LogP contribution >= 0.6 is 0 Å². The Morgan fingerprint density at radius 3 is 2.90 bits per heavy atom. The van der Waals surface area contributed by atoms with Gasteiger partial charge in [0.05, 0.1) is 13.2 Å². The van der Waals surface area contributed by atoms with Crippen molar-refractivity contribution in [2.24, 2.45) is 0 Å². The summed E-state index contributed by atoms with van der Waals surface area (Å²) in [7, 11) is 1.65. The van der Waals surface area contributed by atoms with E-state index in [9.17, 15) is 9.50 Å². The lowest BCUT2D eigenvalue weighted by Gasteiger charge is -2.26. The number of rotatable bonds is 9. The van der Waals surface area contributed by atoms with E-state index in [-0.39, 0.29) is 12.4 Å². The molecule has 0 spiro atoms. The van der Waals surface area contributed by atoms with Crippen molar-refractivity contribution in [1.29, 1.82) is 0 Å². The van der Waals surface area contributed by atoms with Crippen molar-refractivity contribution < 1.29 is 14.2 Å². The van der Waals surface area contributed by atoms with Gasteiger partial charge < -0.3 is 20.1 Å². The molecule has 0 aromatic heterocycles. The number of benzene rings is 1. The van der Waals surface area contributed by atoms with Crippen LogP contribution in [0.5, 0.6) is 0 Å². The largest absolute Gasteiger partial charge is 0.395 e. The highest BCUT2D eigenvalue weighted by Crippen LogP contribution is 2.34. The topological polar surface area (TPSA) is 44.7 Å². The average Bonchev–Trinajstić information content (AvgIpc) is 3.27. The zero-order valence-electron chi connectivity index (χ0n) is 11.9. The number of hydrogen-bond donors (Lipinski definition) is 2. The summed E-state index contributed by atoms with van der Waals surface area (Å²) in [6.07, 6.45) is 2.24. The fourth-order valence-corrected chi connectivity index (χ4v) is 2.37. The molecule has 1 aromatic carbocycles. The van der Waals surface area contributed by atoms with Gasteiger partial charge >= 0.3 is 0 Å². The summed E-state index contributed by atoms with van der Waals surface area (Å²) in [5.41, 5.74) is 1.57. The summed E-state index contributed by atoms with van der Waals surface area (Å²) in [5.74, 6) is -0.198. The normalized spacial score (nSPS) is 14.6. The first-order chi connectivity index (χ1) is 9.77. The van der Waals surface area contributed by atoms with Gasteiger partial charge in [0.2, 0.25) is 0 Å². The molecule has 2 rings (SSSR count). The predicted molar refractivity (Wildman–Crippen MR) is 77.4 cm³/mol. The Kier molecular flexibility index (Phi) is 5.76. The summed E-state index contributed by atoms with van der Waals surface area (Å²) in [5, 5.41) is 12.4. The third-order valence-corrected chi connectivity index (χ3v) is 3.52. The molecular weight excluding hydrogens is 259 g/mol. The van der Waals surface area contributed by atoms with Gasteiger partial charge in [-0.25, -0.2) is 4.39 Å². The average molecular weight is 282 g/mol. The molecule has 0 aliphatic heterocycles. The summed E-state index contributed by atoms with van der Waals surface area (Å²) in [4.78, 5) is 2.12. The van der Waals surface area contributed by atoms with Crippen LogP contribution in [0.25, 0.3) is 0 Å². The summed E-state index contributed by atoms with van der Waals surface area (Å²) in [6, 6.07) is 5.60. The Hall–Kier alpha value is -1.17. The quantitative estimate of drug-likeness (QED) is 0.674. The van der Waals surface area contributed by atoms with Crippen LogP contribution in [0.15, 0.2) is 18.2 Å². The van der Waals surface area contributed by atoms with Crippen LogP contribution in [0.4, 0.5) is 10.1 Å². The van der Waals surface area contributed by atoms with E-state index in [2.05, 4.69) is 10.2 Å². The van der Waals surface area contributed by atoms with Crippen LogP contribution in [0.1, 0.15) is 18.4 Å². The third kappa shape index (κ3) is 3.91. The maximum Gasteiger partial charge on any atom is 0.129 e. The minimum atomic E-state index is -0.198. The van der Waals surface area contributed by atoms with Gasteiger partial charge in [0.15, 0.2) is 0 Å². The second-order valence-electron chi connectivity index (χ2n) is 5.06. The van der Waals surface area contributed by atoms with Crippen molar-refractivity contribution in [3.63, 3.8) is 0 Å². The highest BCUT2D eigenvalue weighted by Gasteiger charge is 2.30. The number of aliphatic hydroxyl groups is 1. The molecule has 112 valence electrons. The maximum absolute atomic E-state index is 14.1. The van der Waals surface area contributed by atoms with E-state index in [1.54, 1.807) is 13.2 Å². The first kappa shape index (κ1) is 15.2. The number of halogens is 1. The molecular formula is C15H23FN2O2. The van der Waals surface area contributed by atoms with Gasteiger partial charge in [-0.2, -0.15) is 0 Å². The van der Waals surface area contributed by atoms with E-state index >= 15 is 0 Å². The van der Waals surface area contributed by atoms with Gasteiger partial charge in [0.25, 0.3) is 0 Å². The van der Waals surface area contributed by atoms with Crippen molar-refractivity contribution in [3.8, 4) is 0 Å². The molecule has 0 radical (unpaired) electrons. The van der Waals surface area contributed by atoms with Gasteiger partial charge in [0, 0.05) is 44.0 Å². The molecule has 0 heterocycles. The number of nitrogens with one attached hydrogen (secondary N) is 1. The van der Waals surface area contributed by atoms with E-state index < -0.39 is 0 Å². The van der Waals surface area contributed by atoms with E-state index in [4.69, 9.17) is 4.74 Å². The molecule has 0 unspecified atom stereocenters. The minimum Gasteiger partial charge on any atom is -0.395 e. The van der Waals surface area contributed by atoms with E-state index in [0.717, 1.165) is 18.5 Å². The van der Waals surface area contributed by atoms with Crippen LogP contribution in [0.3, 0.4) is 0 Å². The van der Waals surface area contributed by atoms with E-state index in [1.807, 2.05) is 6.07 Å². The molecule has 0 atom stereocenters.